The molecule has 1 spiro atoms. The topological polar surface area (TPSA) is 82.2 Å². The maximum absolute atomic E-state index is 11.7. The molecule has 1 aliphatic carbocycles. The van der Waals surface area contributed by atoms with Gasteiger partial charge < -0.3 is 10.1 Å². The number of carbonyl (C=O) groups excluding carboxylic acids is 1. The Hall–Kier alpha value is -1.59. The van der Waals surface area contributed by atoms with Gasteiger partial charge in [-0.3, -0.25) is 0 Å². The summed E-state index contributed by atoms with van der Waals surface area (Å²) < 4.78 is 5.24. The Morgan fingerprint density at radius 2 is 1.83 bits per heavy atom. The van der Waals surface area contributed by atoms with Gasteiger partial charge in [-0.1, -0.05) is 24.3 Å². The highest BCUT2D eigenvalue weighted by molar-refractivity contribution is 5.67. The van der Waals surface area contributed by atoms with Crippen LogP contribution in [0.5, 0.6) is 0 Å². The Labute approximate surface area is 138 Å². The van der Waals surface area contributed by atoms with Crippen molar-refractivity contribution in [2.24, 2.45) is 0 Å². The van der Waals surface area contributed by atoms with Crippen LogP contribution in [0.15, 0.2) is 24.3 Å². The van der Waals surface area contributed by atoms with Crippen LogP contribution in [-0.4, -0.2) is 17.4 Å². The van der Waals surface area contributed by atoms with Crippen LogP contribution in [0, 0.1) is 0 Å². The molecule has 23 heavy (non-hydrogen) atoms. The number of benzene rings is 1. The van der Waals surface area contributed by atoms with Crippen molar-refractivity contribution in [2.45, 2.75) is 70.2 Å². The van der Waals surface area contributed by atoms with E-state index in [0.717, 1.165) is 5.56 Å². The normalized spacial score (nSPS) is 20.3. The van der Waals surface area contributed by atoms with Crippen molar-refractivity contribution in [3.8, 4) is 0 Å². The Morgan fingerprint density at radius 1 is 1.22 bits per heavy atom. The van der Waals surface area contributed by atoms with Gasteiger partial charge >= 0.3 is 6.09 Å². The summed E-state index contributed by atoms with van der Waals surface area (Å²) in [7, 11) is 0. The molecule has 1 aromatic rings. The van der Waals surface area contributed by atoms with Crippen LogP contribution in [0.2, 0.25) is 0 Å². The summed E-state index contributed by atoms with van der Waals surface area (Å²) in [5, 5.41) is 2.80. The highest BCUT2D eigenvalue weighted by Gasteiger charge is 2.44. The van der Waals surface area contributed by atoms with Crippen molar-refractivity contribution < 1.29 is 9.53 Å². The maximum Gasteiger partial charge on any atom is 0.407 e. The number of hydrogen-bond donors (Lipinski definition) is 3. The van der Waals surface area contributed by atoms with Crippen LogP contribution in [-0.2, 0) is 11.3 Å². The second-order valence-electron chi connectivity index (χ2n) is 7.70. The molecular weight excluding hydrogens is 290 g/mol. The number of amides is 1. The number of hydrazine groups is 1. The molecule has 1 amide bonds. The standard InChI is InChI=1S/C18H27N3O2/c1-17(2,3)23-16(22)19-12-13-4-6-14(7-5-13)15-8-10-18(11-9-15)20-21-18/h4-7,15,20-21H,8-12H2,1-3H3,(H,19,22). The van der Waals surface area contributed by atoms with E-state index in [0.29, 0.717) is 12.5 Å². The molecule has 2 fully saturated rings. The predicted octanol–water partition coefficient (Wildman–Crippen LogP) is 3.17. The van der Waals surface area contributed by atoms with Gasteiger partial charge in [-0.2, -0.15) is 0 Å². The minimum absolute atomic E-state index is 0.258. The van der Waals surface area contributed by atoms with Gasteiger partial charge in [0.25, 0.3) is 0 Å². The minimum atomic E-state index is -0.461. The zero-order valence-electron chi connectivity index (χ0n) is 14.2. The number of rotatable bonds is 3. The zero-order valence-corrected chi connectivity index (χ0v) is 14.2. The molecule has 1 saturated heterocycles. The zero-order chi connectivity index (χ0) is 16.5. The van der Waals surface area contributed by atoms with Crippen molar-refractivity contribution in [1.29, 1.82) is 0 Å². The van der Waals surface area contributed by atoms with E-state index in [4.69, 9.17) is 4.74 Å². The maximum atomic E-state index is 11.7. The summed E-state index contributed by atoms with van der Waals surface area (Å²) in [6.07, 6.45) is 4.45. The third-order valence-electron chi connectivity index (χ3n) is 4.60. The summed E-state index contributed by atoms with van der Waals surface area (Å²) in [6.45, 7) is 6.09. The van der Waals surface area contributed by atoms with Crippen molar-refractivity contribution in [1.82, 2.24) is 16.2 Å². The van der Waals surface area contributed by atoms with E-state index in [1.807, 2.05) is 20.8 Å². The smallest absolute Gasteiger partial charge is 0.407 e. The highest BCUT2D eigenvalue weighted by Crippen LogP contribution is 2.39. The third kappa shape index (κ3) is 4.45. The third-order valence-corrected chi connectivity index (χ3v) is 4.60. The number of hydrogen-bond acceptors (Lipinski definition) is 4. The average molecular weight is 317 g/mol. The lowest BCUT2D eigenvalue weighted by Crippen LogP contribution is -2.32. The van der Waals surface area contributed by atoms with E-state index in [2.05, 4.69) is 40.4 Å². The Bertz CT molecular complexity index is 549. The van der Waals surface area contributed by atoms with E-state index in [1.54, 1.807) is 0 Å². The number of nitrogens with one attached hydrogen (secondary N) is 3. The van der Waals surface area contributed by atoms with Crippen molar-refractivity contribution in [2.75, 3.05) is 0 Å². The molecular formula is C18H27N3O2. The van der Waals surface area contributed by atoms with Crippen LogP contribution in [0.1, 0.15) is 63.5 Å². The molecule has 1 heterocycles. The summed E-state index contributed by atoms with van der Waals surface area (Å²) in [5.41, 5.74) is 8.84. The van der Waals surface area contributed by atoms with Gasteiger partial charge in [0, 0.05) is 6.54 Å². The predicted molar refractivity (Wildman–Crippen MR) is 89.7 cm³/mol. The molecule has 1 aromatic carbocycles. The van der Waals surface area contributed by atoms with Crippen LogP contribution < -0.4 is 16.2 Å². The van der Waals surface area contributed by atoms with Gasteiger partial charge in [-0.25, -0.2) is 15.6 Å². The minimum Gasteiger partial charge on any atom is -0.444 e. The first-order valence-electron chi connectivity index (χ1n) is 8.45. The van der Waals surface area contributed by atoms with Crippen molar-refractivity contribution in [3.63, 3.8) is 0 Å². The lowest BCUT2D eigenvalue weighted by atomic mass is 9.80. The molecule has 1 aliphatic heterocycles. The SMILES string of the molecule is CC(C)(C)OC(=O)NCc1ccc(C2CCC3(CC2)NN3)cc1. The fourth-order valence-corrected chi connectivity index (χ4v) is 3.18. The first-order chi connectivity index (χ1) is 10.9. The molecule has 3 rings (SSSR count). The van der Waals surface area contributed by atoms with Crippen molar-refractivity contribution in [3.05, 3.63) is 35.4 Å². The Kier molecular flexibility index (Phi) is 4.34. The molecule has 3 N–H and O–H groups in total. The van der Waals surface area contributed by atoms with Crippen LogP contribution in [0.3, 0.4) is 0 Å². The molecule has 0 radical (unpaired) electrons. The Balaban J connectivity index is 1.48. The Morgan fingerprint density at radius 3 is 2.35 bits per heavy atom. The van der Waals surface area contributed by atoms with Gasteiger partial charge in [-0.05, 0) is 63.5 Å². The number of carbonyl (C=O) groups is 1. The van der Waals surface area contributed by atoms with Gasteiger partial charge in [-0.15, -0.1) is 0 Å². The fourth-order valence-electron chi connectivity index (χ4n) is 3.18. The fraction of sp³-hybridized carbons (Fsp3) is 0.611. The van der Waals surface area contributed by atoms with Gasteiger partial charge in [0.05, 0.1) is 5.66 Å². The average Bonchev–Trinajstić information content (AvgIpc) is 3.24. The van der Waals surface area contributed by atoms with Crippen LogP contribution in [0.25, 0.3) is 0 Å². The molecule has 0 unspecified atom stereocenters. The quantitative estimate of drug-likeness (QED) is 0.748. The molecule has 2 aliphatic rings. The highest BCUT2D eigenvalue weighted by atomic mass is 16.6. The number of alkyl carbamates (subject to hydrolysis) is 1. The monoisotopic (exact) mass is 317 g/mol. The lowest BCUT2D eigenvalue weighted by molar-refractivity contribution is 0.0523. The van der Waals surface area contributed by atoms with E-state index >= 15 is 0 Å². The first-order valence-corrected chi connectivity index (χ1v) is 8.45. The van der Waals surface area contributed by atoms with Gasteiger partial charge in [0.2, 0.25) is 0 Å². The van der Waals surface area contributed by atoms with E-state index in [9.17, 15) is 4.79 Å². The molecule has 0 aromatic heterocycles. The van der Waals surface area contributed by atoms with Crippen LogP contribution >= 0.6 is 0 Å². The molecule has 126 valence electrons. The van der Waals surface area contributed by atoms with Crippen LogP contribution in [0.4, 0.5) is 4.79 Å². The molecule has 0 atom stereocenters. The lowest BCUT2D eigenvalue weighted by Gasteiger charge is -2.26. The van der Waals surface area contributed by atoms with Gasteiger partial charge in [0.15, 0.2) is 0 Å². The number of ether oxygens (including phenoxy) is 1. The molecule has 5 nitrogen and oxygen atoms in total. The van der Waals surface area contributed by atoms with Gasteiger partial charge in [0.1, 0.15) is 5.60 Å². The summed E-state index contributed by atoms with van der Waals surface area (Å²) >= 11 is 0. The molecule has 1 saturated carbocycles. The summed E-state index contributed by atoms with van der Waals surface area (Å²) in [6, 6.07) is 8.60. The summed E-state index contributed by atoms with van der Waals surface area (Å²) in [4.78, 5) is 11.7. The van der Waals surface area contributed by atoms with Crippen molar-refractivity contribution >= 4 is 6.09 Å². The first kappa shape index (κ1) is 16.3. The van der Waals surface area contributed by atoms with E-state index < -0.39 is 5.60 Å². The largest absolute Gasteiger partial charge is 0.444 e. The summed E-state index contributed by atoms with van der Waals surface area (Å²) in [5.74, 6) is 0.651. The van der Waals surface area contributed by atoms with E-state index in [1.165, 1.54) is 31.2 Å². The van der Waals surface area contributed by atoms with E-state index in [-0.39, 0.29) is 11.8 Å². The second-order valence-corrected chi connectivity index (χ2v) is 7.70. The molecule has 0 bridgehead atoms. The second kappa shape index (κ2) is 6.13. The molecule has 5 heteroatoms.